The highest BCUT2D eigenvalue weighted by molar-refractivity contribution is 5.85. The lowest BCUT2D eigenvalue weighted by Gasteiger charge is -2.27. The van der Waals surface area contributed by atoms with Crippen molar-refractivity contribution >= 4 is 5.84 Å². The van der Waals surface area contributed by atoms with Crippen LogP contribution in [-0.2, 0) is 0 Å². The smallest absolute Gasteiger partial charge is 0.144 e. The summed E-state index contributed by atoms with van der Waals surface area (Å²) in [5, 5.41) is 20.7. The standard InChI is InChI=1S/C13H29N3O2/c1-11(2)16(9-10-17)8-6-5-7-13(3,4)12(14)15-18/h11,17-18H,5-10H2,1-4H3,(H2,14,15). The van der Waals surface area contributed by atoms with Crippen molar-refractivity contribution in [2.75, 3.05) is 19.7 Å². The Hall–Kier alpha value is -0.810. The van der Waals surface area contributed by atoms with E-state index in [-0.39, 0.29) is 12.0 Å². The molecule has 18 heavy (non-hydrogen) atoms. The zero-order valence-electron chi connectivity index (χ0n) is 12.2. The van der Waals surface area contributed by atoms with Gasteiger partial charge < -0.3 is 16.0 Å². The van der Waals surface area contributed by atoms with Crippen LogP contribution in [-0.4, -0.2) is 46.8 Å². The number of amidine groups is 1. The molecule has 0 amide bonds. The van der Waals surface area contributed by atoms with Gasteiger partial charge in [-0.05, 0) is 33.2 Å². The van der Waals surface area contributed by atoms with E-state index in [2.05, 4.69) is 23.9 Å². The van der Waals surface area contributed by atoms with Gasteiger partial charge in [-0.25, -0.2) is 0 Å². The maximum Gasteiger partial charge on any atom is 0.144 e. The van der Waals surface area contributed by atoms with Gasteiger partial charge in [-0.1, -0.05) is 25.4 Å². The molecule has 5 heteroatoms. The molecule has 4 N–H and O–H groups in total. The van der Waals surface area contributed by atoms with E-state index in [1.807, 2.05) is 13.8 Å². The van der Waals surface area contributed by atoms with Gasteiger partial charge in [0.2, 0.25) is 0 Å². The summed E-state index contributed by atoms with van der Waals surface area (Å²) in [6.07, 6.45) is 2.98. The van der Waals surface area contributed by atoms with Crippen molar-refractivity contribution in [3.05, 3.63) is 0 Å². The van der Waals surface area contributed by atoms with Crippen LogP contribution in [0.15, 0.2) is 5.16 Å². The van der Waals surface area contributed by atoms with Gasteiger partial charge in [0.1, 0.15) is 5.84 Å². The number of oxime groups is 1. The molecule has 0 heterocycles. The summed E-state index contributed by atoms with van der Waals surface area (Å²) in [6, 6.07) is 0.453. The predicted molar refractivity (Wildman–Crippen MR) is 74.8 cm³/mol. The molecule has 0 aliphatic rings. The average Bonchev–Trinajstić information content (AvgIpc) is 2.31. The first kappa shape index (κ1) is 17.2. The van der Waals surface area contributed by atoms with Crippen LogP contribution in [0.1, 0.15) is 47.0 Å². The molecule has 0 atom stereocenters. The maximum absolute atomic E-state index is 8.97. The molecule has 0 aromatic heterocycles. The molecule has 0 spiro atoms. The van der Waals surface area contributed by atoms with Crippen LogP contribution in [0.3, 0.4) is 0 Å². The van der Waals surface area contributed by atoms with Crippen LogP contribution in [0.2, 0.25) is 0 Å². The number of aliphatic hydroxyl groups excluding tert-OH is 1. The highest BCUT2D eigenvalue weighted by atomic mass is 16.4. The first-order chi connectivity index (χ1) is 8.35. The summed E-state index contributed by atoms with van der Waals surface area (Å²) in [4.78, 5) is 2.26. The molecule has 5 nitrogen and oxygen atoms in total. The molecule has 0 rings (SSSR count). The van der Waals surface area contributed by atoms with Crippen molar-refractivity contribution in [1.82, 2.24) is 4.90 Å². The lowest BCUT2D eigenvalue weighted by molar-refractivity contribution is 0.162. The molecule has 0 saturated carbocycles. The number of aliphatic hydroxyl groups is 1. The summed E-state index contributed by atoms with van der Waals surface area (Å²) in [5.74, 6) is 0.290. The minimum absolute atomic E-state index is 0.202. The quantitative estimate of drug-likeness (QED) is 0.193. The van der Waals surface area contributed by atoms with E-state index in [0.29, 0.717) is 11.9 Å². The fourth-order valence-corrected chi connectivity index (χ4v) is 1.90. The van der Waals surface area contributed by atoms with E-state index in [1.165, 1.54) is 0 Å². The third kappa shape index (κ3) is 6.21. The van der Waals surface area contributed by atoms with Crippen LogP contribution in [0, 0.1) is 5.41 Å². The van der Waals surface area contributed by atoms with Crippen molar-refractivity contribution in [1.29, 1.82) is 0 Å². The Morgan fingerprint density at radius 1 is 1.28 bits per heavy atom. The van der Waals surface area contributed by atoms with Crippen molar-refractivity contribution in [2.24, 2.45) is 16.3 Å². The second-order valence-electron chi connectivity index (χ2n) is 5.68. The maximum atomic E-state index is 8.97. The minimum Gasteiger partial charge on any atom is -0.409 e. The van der Waals surface area contributed by atoms with Crippen LogP contribution in [0.4, 0.5) is 0 Å². The fourth-order valence-electron chi connectivity index (χ4n) is 1.90. The van der Waals surface area contributed by atoms with Gasteiger partial charge in [0, 0.05) is 18.0 Å². The highest BCUT2D eigenvalue weighted by Crippen LogP contribution is 2.23. The van der Waals surface area contributed by atoms with Gasteiger partial charge in [-0.15, -0.1) is 0 Å². The molecule has 0 unspecified atom stereocenters. The largest absolute Gasteiger partial charge is 0.409 e. The molecule has 108 valence electrons. The zero-order chi connectivity index (χ0) is 14.2. The second-order valence-corrected chi connectivity index (χ2v) is 5.68. The number of nitrogens with two attached hydrogens (primary N) is 1. The third-order valence-corrected chi connectivity index (χ3v) is 3.42. The molecular formula is C13H29N3O2. The van der Waals surface area contributed by atoms with Gasteiger partial charge in [0.15, 0.2) is 0 Å². The van der Waals surface area contributed by atoms with E-state index < -0.39 is 0 Å². The normalized spacial score (nSPS) is 13.6. The molecule has 0 aromatic rings. The van der Waals surface area contributed by atoms with Gasteiger partial charge in [0.05, 0.1) is 6.61 Å². The van der Waals surface area contributed by atoms with E-state index in [9.17, 15) is 0 Å². The Kier molecular flexibility index (Phi) is 7.95. The van der Waals surface area contributed by atoms with Gasteiger partial charge >= 0.3 is 0 Å². The van der Waals surface area contributed by atoms with E-state index >= 15 is 0 Å². The predicted octanol–water partition coefficient (Wildman–Crippen LogP) is 1.63. The lowest BCUT2D eigenvalue weighted by atomic mass is 9.86. The molecule has 0 radical (unpaired) electrons. The van der Waals surface area contributed by atoms with Crippen molar-refractivity contribution in [3.8, 4) is 0 Å². The summed E-state index contributed by atoms with van der Waals surface area (Å²) in [6.45, 7) is 10.1. The number of rotatable bonds is 9. The SMILES string of the molecule is CC(C)N(CCO)CCCCC(C)(C)C(N)=NO. The molecular weight excluding hydrogens is 230 g/mol. The molecule has 0 saturated heterocycles. The highest BCUT2D eigenvalue weighted by Gasteiger charge is 2.22. The van der Waals surface area contributed by atoms with E-state index in [1.54, 1.807) is 0 Å². The molecule has 0 aliphatic carbocycles. The number of unbranched alkanes of at least 4 members (excludes halogenated alkanes) is 1. The summed E-state index contributed by atoms with van der Waals surface area (Å²) in [7, 11) is 0. The lowest BCUT2D eigenvalue weighted by Crippen LogP contribution is -2.35. The molecule has 0 aromatic carbocycles. The minimum atomic E-state index is -0.256. The molecule has 0 aliphatic heterocycles. The first-order valence-corrected chi connectivity index (χ1v) is 6.68. The third-order valence-electron chi connectivity index (χ3n) is 3.42. The number of hydrogen-bond donors (Lipinski definition) is 3. The Balaban J connectivity index is 3.98. The molecule has 0 bridgehead atoms. The first-order valence-electron chi connectivity index (χ1n) is 6.68. The van der Waals surface area contributed by atoms with E-state index in [0.717, 1.165) is 32.4 Å². The number of nitrogens with zero attached hydrogens (tertiary/aromatic N) is 2. The van der Waals surface area contributed by atoms with Crippen molar-refractivity contribution in [2.45, 2.75) is 53.0 Å². The van der Waals surface area contributed by atoms with Crippen LogP contribution in [0.5, 0.6) is 0 Å². The Morgan fingerprint density at radius 3 is 2.33 bits per heavy atom. The topological polar surface area (TPSA) is 82.1 Å². The van der Waals surface area contributed by atoms with E-state index in [4.69, 9.17) is 16.0 Å². The Bertz CT molecular complexity index is 253. The summed E-state index contributed by atoms with van der Waals surface area (Å²) < 4.78 is 0. The molecule has 0 fully saturated rings. The zero-order valence-corrected chi connectivity index (χ0v) is 12.2. The van der Waals surface area contributed by atoms with Crippen LogP contribution >= 0.6 is 0 Å². The summed E-state index contributed by atoms with van der Waals surface area (Å²) in [5.41, 5.74) is 5.39. The second kappa shape index (κ2) is 8.32. The van der Waals surface area contributed by atoms with Crippen molar-refractivity contribution in [3.63, 3.8) is 0 Å². The fraction of sp³-hybridized carbons (Fsp3) is 0.923. The Labute approximate surface area is 111 Å². The number of hydrogen-bond acceptors (Lipinski definition) is 4. The van der Waals surface area contributed by atoms with Crippen molar-refractivity contribution < 1.29 is 10.3 Å². The van der Waals surface area contributed by atoms with Crippen LogP contribution < -0.4 is 5.73 Å². The van der Waals surface area contributed by atoms with Gasteiger partial charge in [0.25, 0.3) is 0 Å². The monoisotopic (exact) mass is 259 g/mol. The average molecular weight is 259 g/mol. The van der Waals surface area contributed by atoms with Gasteiger partial charge in [-0.3, -0.25) is 4.90 Å². The van der Waals surface area contributed by atoms with Crippen LogP contribution in [0.25, 0.3) is 0 Å². The van der Waals surface area contributed by atoms with Gasteiger partial charge in [-0.2, -0.15) is 0 Å². The summed E-state index contributed by atoms with van der Waals surface area (Å²) >= 11 is 0. The Morgan fingerprint density at radius 2 is 1.89 bits per heavy atom.